The van der Waals surface area contributed by atoms with E-state index in [0.29, 0.717) is 19.1 Å². The van der Waals surface area contributed by atoms with Crippen molar-refractivity contribution in [1.82, 2.24) is 5.32 Å². The number of hydrogen-bond acceptors (Lipinski definition) is 3. The predicted molar refractivity (Wildman–Crippen MR) is 84.2 cm³/mol. The summed E-state index contributed by atoms with van der Waals surface area (Å²) in [5.41, 5.74) is 0.154. The molecule has 0 bridgehead atoms. The lowest BCUT2D eigenvalue weighted by Gasteiger charge is -2.25. The Morgan fingerprint density at radius 1 is 1.10 bits per heavy atom. The number of hydrogen-bond donors (Lipinski definition) is 1. The zero-order chi connectivity index (χ0) is 14.8. The molecular weight excluding hydrogens is 250 g/mol. The minimum atomic E-state index is 0.154. The number of benzene rings is 1. The molecule has 0 aliphatic rings. The van der Waals surface area contributed by atoms with Crippen molar-refractivity contribution in [3.63, 3.8) is 0 Å². The summed E-state index contributed by atoms with van der Waals surface area (Å²) in [4.78, 5) is 0. The molecule has 3 nitrogen and oxygen atoms in total. The number of nitrogens with one attached hydrogen (secondary N) is 1. The van der Waals surface area contributed by atoms with Crippen LogP contribution in [0.3, 0.4) is 0 Å². The van der Waals surface area contributed by atoms with Gasteiger partial charge in [-0.05, 0) is 24.6 Å². The third kappa shape index (κ3) is 8.18. The minimum Gasteiger partial charge on any atom is -0.491 e. The molecule has 3 heteroatoms. The van der Waals surface area contributed by atoms with E-state index in [1.807, 2.05) is 30.3 Å². The molecule has 0 spiro atoms. The van der Waals surface area contributed by atoms with Gasteiger partial charge in [0.25, 0.3) is 0 Å². The standard InChI is InChI=1S/C17H29NO2/c1-15(2)12-18-13-17(3,4)14-19-10-11-20-16-8-6-5-7-9-16/h5-9,15,18H,10-14H2,1-4H3. The fraction of sp³-hybridized carbons (Fsp3) is 0.647. The number of rotatable bonds is 10. The summed E-state index contributed by atoms with van der Waals surface area (Å²) in [6.07, 6.45) is 0. The van der Waals surface area contributed by atoms with Crippen LogP contribution >= 0.6 is 0 Å². The molecule has 0 heterocycles. The lowest BCUT2D eigenvalue weighted by molar-refractivity contribution is 0.0439. The average molecular weight is 279 g/mol. The summed E-state index contributed by atoms with van der Waals surface area (Å²) in [5.74, 6) is 1.58. The Morgan fingerprint density at radius 2 is 1.80 bits per heavy atom. The number of para-hydroxylation sites is 1. The van der Waals surface area contributed by atoms with Gasteiger partial charge in [0, 0.05) is 12.0 Å². The van der Waals surface area contributed by atoms with Gasteiger partial charge in [0.05, 0.1) is 13.2 Å². The third-order valence-electron chi connectivity index (χ3n) is 2.89. The molecule has 0 amide bonds. The quantitative estimate of drug-likeness (QED) is 0.666. The van der Waals surface area contributed by atoms with Crippen LogP contribution in [0.5, 0.6) is 5.75 Å². The summed E-state index contributed by atoms with van der Waals surface area (Å²) in [6, 6.07) is 9.84. The van der Waals surface area contributed by atoms with Crippen LogP contribution in [0, 0.1) is 11.3 Å². The molecule has 1 N–H and O–H groups in total. The monoisotopic (exact) mass is 279 g/mol. The normalized spacial score (nSPS) is 11.8. The van der Waals surface area contributed by atoms with Crippen LogP contribution in [0.25, 0.3) is 0 Å². The van der Waals surface area contributed by atoms with E-state index >= 15 is 0 Å². The summed E-state index contributed by atoms with van der Waals surface area (Å²) in [6.45, 7) is 12.9. The summed E-state index contributed by atoms with van der Waals surface area (Å²) < 4.78 is 11.3. The first-order valence-corrected chi connectivity index (χ1v) is 7.46. The van der Waals surface area contributed by atoms with Gasteiger partial charge in [-0.25, -0.2) is 0 Å². The van der Waals surface area contributed by atoms with Crippen molar-refractivity contribution in [2.45, 2.75) is 27.7 Å². The van der Waals surface area contributed by atoms with Gasteiger partial charge in [-0.1, -0.05) is 45.9 Å². The molecule has 0 saturated carbocycles. The Bertz CT molecular complexity index is 349. The van der Waals surface area contributed by atoms with Gasteiger partial charge < -0.3 is 14.8 Å². The van der Waals surface area contributed by atoms with Crippen molar-refractivity contribution < 1.29 is 9.47 Å². The van der Waals surface area contributed by atoms with E-state index in [0.717, 1.165) is 25.4 Å². The molecule has 0 fully saturated rings. The molecule has 0 saturated heterocycles. The summed E-state index contributed by atoms with van der Waals surface area (Å²) >= 11 is 0. The summed E-state index contributed by atoms with van der Waals surface area (Å²) in [7, 11) is 0. The smallest absolute Gasteiger partial charge is 0.119 e. The highest BCUT2D eigenvalue weighted by Gasteiger charge is 2.17. The van der Waals surface area contributed by atoms with Crippen molar-refractivity contribution in [2.75, 3.05) is 32.9 Å². The van der Waals surface area contributed by atoms with E-state index in [1.54, 1.807) is 0 Å². The molecule has 1 aromatic rings. The van der Waals surface area contributed by atoms with Crippen molar-refractivity contribution in [3.05, 3.63) is 30.3 Å². The molecule has 0 aromatic heterocycles. The second-order valence-electron chi connectivity index (χ2n) is 6.40. The minimum absolute atomic E-state index is 0.154. The fourth-order valence-electron chi connectivity index (χ4n) is 1.83. The molecule has 1 rings (SSSR count). The third-order valence-corrected chi connectivity index (χ3v) is 2.89. The second-order valence-corrected chi connectivity index (χ2v) is 6.40. The van der Waals surface area contributed by atoms with Gasteiger partial charge in [0.2, 0.25) is 0 Å². The van der Waals surface area contributed by atoms with Gasteiger partial charge in [-0.15, -0.1) is 0 Å². The van der Waals surface area contributed by atoms with Gasteiger partial charge in [0.15, 0.2) is 0 Å². The van der Waals surface area contributed by atoms with E-state index < -0.39 is 0 Å². The van der Waals surface area contributed by atoms with E-state index in [9.17, 15) is 0 Å². The Balaban J connectivity index is 2.07. The Labute approximate surface area is 123 Å². The highest BCUT2D eigenvalue weighted by Crippen LogP contribution is 2.14. The van der Waals surface area contributed by atoms with Crippen LogP contribution in [0.1, 0.15) is 27.7 Å². The number of ether oxygens (including phenoxy) is 2. The van der Waals surface area contributed by atoms with E-state index in [4.69, 9.17) is 9.47 Å². The Kier molecular flexibility index (Phi) is 7.63. The summed E-state index contributed by atoms with van der Waals surface area (Å²) in [5, 5.41) is 3.48. The maximum Gasteiger partial charge on any atom is 0.119 e. The van der Waals surface area contributed by atoms with Crippen molar-refractivity contribution in [2.24, 2.45) is 11.3 Å². The van der Waals surface area contributed by atoms with Crippen LogP contribution < -0.4 is 10.1 Å². The Morgan fingerprint density at radius 3 is 2.45 bits per heavy atom. The SMILES string of the molecule is CC(C)CNCC(C)(C)COCCOc1ccccc1. The molecule has 20 heavy (non-hydrogen) atoms. The maximum absolute atomic E-state index is 5.71. The molecule has 0 radical (unpaired) electrons. The fourth-order valence-corrected chi connectivity index (χ4v) is 1.83. The van der Waals surface area contributed by atoms with Gasteiger partial charge in [-0.2, -0.15) is 0 Å². The van der Waals surface area contributed by atoms with Crippen LogP contribution in [0.4, 0.5) is 0 Å². The molecule has 114 valence electrons. The molecule has 0 unspecified atom stereocenters. The zero-order valence-electron chi connectivity index (χ0n) is 13.3. The van der Waals surface area contributed by atoms with Gasteiger partial charge >= 0.3 is 0 Å². The molecule has 0 atom stereocenters. The Hall–Kier alpha value is -1.06. The van der Waals surface area contributed by atoms with Crippen LogP contribution in [0.2, 0.25) is 0 Å². The van der Waals surface area contributed by atoms with Crippen molar-refractivity contribution in [1.29, 1.82) is 0 Å². The van der Waals surface area contributed by atoms with Crippen molar-refractivity contribution >= 4 is 0 Å². The topological polar surface area (TPSA) is 30.5 Å². The molecule has 0 aliphatic heterocycles. The highest BCUT2D eigenvalue weighted by atomic mass is 16.5. The first-order chi connectivity index (χ1) is 9.49. The first-order valence-electron chi connectivity index (χ1n) is 7.46. The lowest BCUT2D eigenvalue weighted by Crippen LogP contribution is -2.35. The van der Waals surface area contributed by atoms with E-state index in [1.165, 1.54) is 0 Å². The van der Waals surface area contributed by atoms with Crippen molar-refractivity contribution in [3.8, 4) is 5.75 Å². The highest BCUT2D eigenvalue weighted by molar-refractivity contribution is 5.20. The zero-order valence-corrected chi connectivity index (χ0v) is 13.3. The van der Waals surface area contributed by atoms with Gasteiger partial charge in [0.1, 0.15) is 12.4 Å². The lowest BCUT2D eigenvalue weighted by atomic mass is 9.94. The van der Waals surface area contributed by atoms with E-state index in [-0.39, 0.29) is 5.41 Å². The molecule has 0 aliphatic carbocycles. The first kappa shape index (κ1) is 17.0. The van der Waals surface area contributed by atoms with Crippen LogP contribution in [0.15, 0.2) is 30.3 Å². The van der Waals surface area contributed by atoms with Gasteiger partial charge in [-0.3, -0.25) is 0 Å². The van der Waals surface area contributed by atoms with Crippen LogP contribution in [-0.4, -0.2) is 32.9 Å². The van der Waals surface area contributed by atoms with Crippen LogP contribution in [-0.2, 0) is 4.74 Å². The van der Waals surface area contributed by atoms with E-state index in [2.05, 4.69) is 33.0 Å². The second kappa shape index (κ2) is 8.98. The molecule has 1 aromatic carbocycles. The molecular formula is C17H29NO2. The maximum atomic E-state index is 5.71. The average Bonchev–Trinajstić information content (AvgIpc) is 2.38. The largest absolute Gasteiger partial charge is 0.491 e. The predicted octanol–water partition coefficient (Wildman–Crippen LogP) is 3.35.